The minimum absolute atomic E-state index is 0.0602. The average Bonchev–Trinajstić information content (AvgIpc) is 2.32. The van der Waals surface area contributed by atoms with Gasteiger partial charge >= 0.3 is 0 Å². The fourth-order valence-electron chi connectivity index (χ4n) is 1.67. The maximum atomic E-state index is 12.2. The Morgan fingerprint density at radius 2 is 1.94 bits per heavy atom. The molecule has 0 aliphatic rings. The minimum atomic E-state index is 0.0602. The molecule has 18 heavy (non-hydrogen) atoms. The second-order valence-electron chi connectivity index (χ2n) is 4.29. The summed E-state index contributed by atoms with van der Waals surface area (Å²) in [6.07, 6.45) is 0.109. The van der Waals surface area contributed by atoms with E-state index in [0.29, 0.717) is 5.56 Å². The Kier molecular flexibility index (Phi) is 5.91. The summed E-state index contributed by atoms with van der Waals surface area (Å²) in [7, 11) is 0. The van der Waals surface area contributed by atoms with Gasteiger partial charge in [-0.2, -0.15) is 0 Å². The molecule has 0 radical (unpaired) electrons. The first-order valence-electron chi connectivity index (χ1n) is 6.25. The molecule has 0 bridgehead atoms. The van der Waals surface area contributed by atoms with Crippen LogP contribution in [0.4, 0.5) is 0 Å². The van der Waals surface area contributed by atoms with Crippen LogP contribution in [0.1, 0.15) is 38.1 Å². The number of hydrogen-bond acceptors (Lipinski definition) is 2. The molecule has 0 spiro atoms. The summed E-state index contributed by atoms with van der Waals surface area (Å²) in [4.78, 5) is 14.0. The van der Waals surface area contributed by atoms with Crippen LogP contribution in [0.25, 0.3) is 0 Å². The van der Waals surface area contributed by atoms with Gasteiger partial charge in [0.15, 0.2) is 0 Å². The van der Waals surface area contributed by atoms with Gasteiger partial charge in [0.2, 0.25) is 0 Å². The largest absolute Gasteiger partial charge is 0.490 e. The van der Waals surface area contributed by atoms with E-state index in [4.69, 9.17) is 4.74 Å². The Labute approximate surface area is 123 Å². The Morgan fingerprint density at radius 1 is 1.33 bits per heavy atom. The zero-order chi connectivity index (χ0) is 13.7. The summed E-state index contributed by atoms with van der Waals surface area (Å²) in [5, 5.41) is 0. The molecule has 1 amide bonds. The number of rotatable bonds is 5. The molecular formula is C14H20INO2. The van der Waals surface area contributed by atoms with E-state index < -0.39 is 0 Å². The third-order valence-electron chi connectivity index (χ3n) is 2.59. The molecule has 0 saturated carbocycles. The molecule has 0 unspecified atom stereocenters. The molecule has 100 valence electrons. The number of amides is 1. The maximum Gasteiger partial charge on any atom is 0.253 e. The van der Waals surface area contributed by atoms with Crippen molar-refractivity contribution >= 4 is 28.5 Å². The van der Waals surface area contributed by atoms with E-state index in [2.05, 4.69) is 22.6 Å². The van der Waals surface area contributed by atoms with Crippen molar-refractivity contribution in [2.45, 2.75) is 33.8 Å². The van der Waals surface area contributed by atoms with Gasteiger partial charge < -0.3 is 9.64 Å². The third kappa shape index (κ3) is 3.86. The van der Waals surface area contributed by atoms with Crippen LogP contribution in [0, 0.1) is 3.57 Å². The summed E-state index contributed by atoms with van der Waals surface area (Å²) in [5.74, 6) is 0.841. The predicted molar refractivity (Wildman–Crippen MR) is 82.2 cm³/mol. The second-order valence-corrected chi connectivity index (χ2v) is 5.45. The second kappa shape index (κ2) is 6.97. The van der Waals surface area contributed by atoms with Crippen LogP contribution in [-0.4, -0.2) is 30.0 Å². The van der Waals surface area contributed by atoms with Gasteiger partial charge in [0.05, 0.1) is 9.67 Å². The lowest BCUT2D eigenvalue weighted by molar-refractivity contribution is 0.0772. The van der Waals surface area contributed by atoms with Crippen molar-refractivity contribution in [3.63, 3.8) is 0 Å². The highest BCUT2D eigenvalue weighted by molar-refractivity contribution is 14.1. The monoisotopic (exact) mass is 361 g/mol. The van der Waals surface area contributed by atoms with Crippen LogP contribution in [0.3, 0.4) is 0 Å². The van der Waals surface area contributed by atoms with Gasteiger partial charge in [-0.1, -0.05) is 0 Å². The molecule has 0 atom stereocenters. The normalized spacial score (nSPS) is 10.6. The lowest BCUT2D eigenvalue weighted by atomic mass is 10.2. The van der Waals surface area contributed by atoms with E-state index in [1.165, 1.54) is 0 Å². The Balaban J connectivity index is 3.00. The van der Waals surface area contributed by atoms with Crippen molar-refractivity contribution in [1.29, 1.82) is 0 Å². The first kappa shape index (κ1) is 15.3. The Bertz CT molecular complexity index is 414. The molecule has 3 nitrogen and oxygen atoms in total. The highest BCUT2D eigenvalue weighted by Crippen LogP contribution is 2.24. The number of carbonyl (C=O) groups excluding carboxylic acids is 1. The first-order chi connectivity index (χ1) is 8.49. The lowest BCUT2D eigenvalue weighted by Gasteiger charge is -2.19. The number of hydrogen-bond donors (Lipinski definition) is 0. The van der Waals surface area contributed by atoms with Gasteiger partial charge in [0.25, 0.3) is 5.91 Å². The Morgan fingerprint density at radius 3 is 2.44 bits per heavy atom. The number of nitrogens with zero attached hydrogens (tertiary/aromatic N) is 1. The van der Waals surface area contributed by atoms with E-state index in [1.807, 2.05) is 45.9 Å². The molecule has 1 aromatic rings. The summed E-state index contributed by atoms with van der Waals surface area (Å²) in [6.45, 7) is 9.38. The third-order valence-corrected chi connectivity index (χ3v) is 3.48. The summed E-state index contributed by atoms with van der Waals surface area (Å²) < 4.78 is 6.73. The van der Waals surface area contributed by atoms with Gasteiger partial charge in [-0.15, -0.1) is 0 Å². The van der Waals surface area contributed by atoms with Gasteiger partial charge in [-0.3, -0.25) is 4.79 Å². The molecule has 0 heterocycles. The maximum absolute atomic E-state index is 12.2. The van der Waals surface area contributed by atoms with Crippen molar-refractivity contribution in [3.05, 3.63) is 27.3 Å². The molecule has 0 N–H and O–H groups in total. The number of carbonyl (C=O) groups is 1. The summed E-state index contributed by atoms with van der Waals surface area (Å²) in [5.41, 5.74) is 0.690. The predicted octanol–water partition coefficient (Wildman–Crippen LogP) is 3.56. The van der Waals surface area contributed by atoms with E-state index in [1.54, 1.807) is 4.90 Å². The number of halogens is 1. The molecule has 1 aromatic carbocycles. The fraction of sp³-hybridized carbons (Fsp3) is 0.500. The van der Waals surface area contributed by atoms with Gasteiger partial charge in [-0.05, 0) is 68.5 Å². The number of ether oxygens (including phenoxy) is 1. The van der Waals surface area contributed by atoms with Crippen molar-refractivity contribution in [2.24, 2.45) is 0 Å². The molecule has 0 fully saturated rings. The molecular weight excluding hydrogens is 341 g/mol. The van der Waals surface area contributed by atoms with Crippen molar-refractivity contribution in [1.82, 2.24) is 4.90 Å². The highest BCUT2D eigenvalue weighted by atomic mass is 127. The molecule has 0 aliphatic heterocycles. The first-order valence-corrected chi connectivity index (χ1v) is 7.32. The van der Waals surface area contributed by atoms with Crippen LogP contribution in [0.2, 0.25) is 0 Å². The fourth-order valence-corrected chi connectivity index (χ4v) is 2.14. The summed E-state index contributed by atoms with van der Waals surface area (Å²) in [6, 6.07) is 5.62. The molecule has 0 saturated heterocycles. The number of benzene rings is 1. The van der Waals surface area contributed by atoms with Crippen molar-refractivity contribution < 1.29 is 9.53 Å². The summed E-state index contributed by atoms with van der Waals surface area (Å²) >= 11 is 2.22. The molecule has 0 aromatic heterocycles. The average molecular weight is 361 g/mol. The topological polar surface area (TPSA) is 29.5 Å². The van der Waals surface area contributed by atoms with Crippen LogP contribution < -0.4 is 4.74 Å². The van der Waals surface area contributed by atoms with Crippen molar-refractivity contribution in [2.75, 3.05) is 13.1 Å². The highest BCUT2D eigenvalue weighted by Gasteiger charge is 2.14. The van der Waals surface area contributed by atoms with Gasteiger partial charge in [0, 0.05) is 18.7 Å². The van der Waals surface area contributed by atoms with E-state index >= 15 is 0 Å². The Hall–Kier alpha value is -0.780. The SMILES string of the molecule is CCN(CC)C(=O)c1ccc(I)c(OC(C)C)c1. The van der Waals surface area contributed by atoms with Crippen LogP contribution in [0.15, 0.2) is 18.2 Å². The molecule has 0 aliphatic carbocycles. The van der Waals surface area contributed by atoms with Crippen molar-refractivity contribution in [3.8, 4) is 5.75 Å². The minimum Gasteiger partial charge on any atom is -0.490 e. The van der Waals surface area contributed by atoms with Crippen LogP contribution >= 0.6 is 22.6 Å². The van der Waals surface area contributed by atoms with Gasteiger partial charge in [-0.25, -0.2) is 0 Å². The quantitative estimate of drug-likeness (QED) is 0.751. The van der Waals surface area contributed by atoms with E-state index in [9.17, 15) is 4.79 Å². The van der Waals surface area contributed by atoms with E-state index in [0.717, 1.165) is 22.4 Å². The van der Waals surface area contributed by atoms with Crippen LogP contribution in [0.5, 0.6) is 5.75 Å². The smallest absolute Gasteiger partial charge is 0.253 e. The van der Waals surface area contributed by atoms with Crippen LogP contribution in [-0.2, 0) is 0 Å². The molecule has 4 heteroatoms. The molecule has 1 rings (SSSR count). The standard InChI is InChI=1S/C14H20INO2/c1-5-16(6-2)14(17)11-7-8-12(15)13(9-11)18-10(3)4/h7-10H,5-6H2,1-4H3. The van der Waals surface area contributed by atoms with Gasteiger partial charge in [0.1, 0.15) is 5.75 Å². The zero-order valence-corrected chi connectivity index (χ0v) is 13.5. The van der Waals surface area contributed by atoms with E-state index in [-0.39, 0.29) is 12.0 Å². The zero-order valence-electron chi connectivity index (χ0n) is 11.4. The lowest BCUT2D eigenvalue weighted by Crippen LogP contribution is -2.30.